The van der Waals surface area contributed by atoms with Gasteiger partial charge in [-0.05, 0) is 37.6 Å². The Morgan fingerprint density at radius 3 is 2.65 bits per heavy atom. The number of hydrogen-bond donors (Lipinski definition) is 4. The van der Waals surface area contributed by atoms with Crippen molar-refractivity contribution >= 4 is 38.4 Å². The summed E-state index contributed by atoms with van der Waals surface area (Å²) < 4.78 is 23.4. The molecule has 0 unspecified atom stereocenters. The molecule has 0 aromatic heterocycles. The minimum absolute atomic E-state index is 0.0319. The first-order valence-electron chi connectivity index (χ1n) is 10.4. The highest BCUT2D eigenvalue weighted by Crippen LogP contribution is 2.35. The number of benzene rings is 1. The third kappa shape index (κ3) is 6.66. The van der Waals surface area contributed by atoms with Gasteiger partial charge in [-0.25, -0.2) is 8.42 Å². The molecular weight excluding hydrogens is 440 g/mol. The topological polar surface area (TPSA) is 131 Å². The van der Waals surface area contributed by atoms with Crippen molar-refractivity contribution in [2.24, 2.45) is 4.99 Å². The molecule has 11 heteroatoms. The van der Waals surface area contributed by atoms with Crippen LogP contribution in [-0.2, 0) is 9.84 Å². The lowest BCUT2D eigenvalue weighted by Gasteiger charge is -2.20. The van der Waals surface area contributed by atoms with E-state index in [0.717, 1.165) is 11.3 Å². The summed E-state index contributed by atoms with van der Waals surface area (Å²) in [5, 5.41) is 24.9. The normalized spacial score (nSPS) is 21.7. The molecule has 1 amide bonds. The van der Waals surface area contributed by atoms with Crippen molar-refractivity contribution in [3.8, 4) is 0 Å². The number of rotatable bonds is 10. The molecule has 2 heterocycles. The van der Waals surface area contributed by atoms with Crippen molar-refractivity contribution in [3.63, 3.8) is 0 Å². The fourth-order valence-corrected chi connectivity index (χ4v) is 7.32. The summed E-state index contributed by atoms with van der Waals surface area (Å²) in [6.07, 6.45) is 0.710. The maximum absolute atomic E-state index is 12.5. The molecule has 1 fully saturated rings. The lowest BCUT2D eigenvalue weighted by Crippen LogP contribution is -2.33. The van der Waals surface area contributed by atoms with Crippen LogP contribution in [0.15, 0.2) is 23.2 Å². The van der Waals surface area contributed by atoms with Crippen molar-refractivity contribution < 1.29 is 23.4 Å². The van der Waals surface area contributed by atoms with Gasteiger partial charge < -0.3 is 20.8 Å². The number of carbonyl (C=O) groups is 1. The second-order valence-corrected chi connectivity index (χ2v) is 11.2. The van der Waals surface area contributed by atoms with E-state index in [4.69, 9.17) is 10.2 Å². The first-order chi connectivity index (χ1) is 14.8. The number of aliphatic hydroxyl groups excluding tert-OH is 2. The molecule has 3 rings (SSSR count). The lowest BCUT2D eigenvalue weighted by atomic mass is 10.1. The molecule has 2 aliphatic rings. The van der Waals surface area contributed by atoms with Crippen molar-refractivity contribution in [3.05, 3.63) is 29.3 Å². The number of anilines is 1. The average molecular weight is 471 g/mol. The predicted molar refractivity (Wildman–Crippen MR) is 124 cm³/mol. The van der Waals surface area contributed by atoms with E-state index in [9.17, 15) is 13.2 Å². The number of aliphatic imine (C=N–C) groups is 1. The molecule has 2 aliphatic heterocycles. The molecule has 4 N–H and O–H groups in total. The van der Waals surface area contributed by atoms with E-state index in [1.165, 1.54) is 11.8 Å². The Bertz CT molecular complexity index is 916. The van der Waals surface area contributed by atoms with Crippen LogP contribution in [0, 0.1) is 6.92 Å². The number of nitrogens with zero attached hydrogens (tertiary/aromatic N) is 2. The third-order valence-corrected chi connectivity index (χ3v) is 8.47. The van der Waals surface area contributed by atoms with Crippen LogP contribution in [0.4, 0.5) is 5.69 Å². The zero-order chi connectivity index (χ0) is 22.4. The second kappa shape index (κ2) is 10.8. The number of aryl methyl sites for hydroxylation is 1. The summed E-state index contributed by atoms with van der Waals surface area (Å²) in [4.78, 5) is 19.0. The van der Waals surface area contributed by atoms with Gasteiger partial charge in [0.2, 0.25) is 0 Å². The Morgan fingerprint density at radius 1 is 1.23 bits per heavy atom. The van der Waals surface area contributed by atoms with Crippen LogP contribution in [0.25, 0.3) is 0 Å². The van der Waals surface area contributed by atoms with Gasteiger partial charge in [-0.3, -0.25) is 14.7 Å². The monoisotopic (exact) mass is 470 g/mol. The van der Waals surface area contributed by atoms with Gasteiger partial charge in [0.1, 0.15) is 0 Å². The SMILES string of the molecule is Cc1ccc(C(=O)NCCCN(CCO)CCO)cc1NC1=N[C@@H]2CS(=O)(=O)C[C@@H]2S1. The third-order valence-electron chi connectivity index (χ3n) is 5.33. The molecule has 1 aromatic rings. The summed E-state index contributed by atoms with van der Waals surface area (Å²) in [5.74, 6) is 0.0838. The minimum Gasteiger partial charge on any atom is -0.395 e. The van der Waals surface area contributed by atoms with E-state index >= 15 is 0 Å². The lowest BCUT2D eigenvalue weighted by molar-refractivity contribution is 0.0949. The number of amidine groups is 1. The quantitative estimate of drug-likeness (QED) is 0.354. The van der Waals surface area contributed by atoms with Gasteiger partial charge in [0.25, 0.3) is 5.91 Å². The first kappa shape index (κ1) is 24.0. The summed E-state index contributed by atoms with van der Waals surface area (Å²) in [6, 6.07) is 5.22. The molecule has 31 heavy (non-hydrogen) atoms. The molecule has 0 radical (unpaired) electrons. The largest absolute Gasteiger partial charge is 0.395 e. The number of amides is 1. The molecule has 0 bridgehead atoms. The summed E-state index contributed by atoms with van der Waals surface area (Å²) >= 11 is 1.45. The summed E-state index contributed by atoms with van der Waals surface area (Å²) in [5.41, 5.74) is 2.27. The van der Waals surface area contributed by atoms with Gasteiger partial charge in [-0.2, -0.15) is 0 Å². The molecule has 2 atom stereocenters. The van der Waals surface area contributed by atoms with Gasteiger partial charge in [0.05, 0.1) is 30.8 Å². The molecule has 172 valence electrons. The van der Waals surface area contributed by atoms with Crippen LogP contribution in [0.1, 0.15) is 22.3 Å². The highest BCUT2D eigenvalue weighted by Gasteiger charge is 2.42. The fraction of sp³-hybridized carbons (Fsp3) is 0.600. The number of hydrogen-bond acceptors (Lipinski definition) is 9. The van der Waals surface area contributed by atoms with E-state index in [-0.39, 0.29) is 41.9 Å². The Hall–Kier alpha value is -1.66. The van der Waals surface area contributed by atoms with Gasteiger partial charge in [-0.1, -0.05) is 17.8 Å². The maximum Gasteiger partial charge on any atom is 0.251 e. The average Bonchev–Trinajstić information content (AvgIpc) is 3.19. The number of carbonyl (C=O) groups excluding carboxylic acids is 1. The van der Waals surface area contributed by atoms with Gasteiger partial charge in [0.15, 0.2) is 15.0 Å². The number of thioether (sulfide) groups is 1. The highest BCUT2D eigenvalue weighted by atomic mass is 32.2. The fourth-order valence-electron chi connectivity index (χ4n) is 3.65. The van der Waals surface area contributed by atoms with Crippen molar-refractivity contribution in [1.82, 2.24) is 10.2 Å². The van der Waals surface area contributed by atoms with Gasteiger partial charge >= 0.3 is 0 Å². The molecule has 0 aliphatic carbocycles. The van der Waals surface area contributed by atoms with E-state index in [0.29, 0.717) is 43.3 Å². The minimum atomic E-state index is -2.99. The molecule has 9 nitrogen and oxygen atoms in total. The number of sulfone groups is 1. The Morgan fingerprint density at radius 2 is 1.97 bits per heavy atom. The van der Waals surface area contributed by atoms with Crippen LogP contribution in [0.2, 0.25) is 0 Å². The first-order valence-corrected chi connectivity index (χ1v) is 13.1. The van der Waals surface area contributed by atoms with Crippen molar-refractivity contribution in [1.29, 1.82) is 0 Å². The van der Waals surface area contributed by atoms with Crippen LogP contribution in [0.5, 0.6) is 0 Å². The van der Waals surface area contributed by atoms with Crippen LogP contribution < -0.4 is 10.6 Å². The zero-order valence-electron chi connectivity index (χ0n) is 17.6. The standard InChI is InChI=1S/C20H30N4O5S2/c1-14-3-4-15(19(27)21-5-2-6-24(7-9-25)8-10-26)11-16(14)22-20-23-17-12-31(28,29)13-18(17)30-20/h3-4,11,17-18,25-26H,2,5-10,12-13H2,1H3,(H,21,27)(H,22,23)/t17-,18+/m1/s1. The molecule has 1 saturated heterocycles. The van der Waals surface area contributed by atoms with E-state index in [1.54, 1.807) is 12.1 Å². The smallest absolute Gasteiger partial charge is 0.251 e. The van der Waals surface area contributed by atoms with Crippen LogP contribution in [-0.4, -0.2) is 96.8 Å². The number of nitrogens with one attached hydrogen (secondary N) is 2. The molecule has 0 saturated carbocycles. The van der Waals surface area contributed by atoms with Gasteiger partial charge in [-0.15, -0.1) is 0 Å². The maximum atomic E-state index is 12.5. The molecular formula is C20H30N4O5S2. The van der Waals surface area contributed by atoms with Crippen LogP contribution in [0.3, 0.4) is 0 Å². The van der Waals surface area contributed by atoms with Crippen molar-refractivity contribution in [2.45, 2.75) is 24.6 Å². The molecule has 1 aromatic carbocycles. The molecule has 0 spiro atoms. The van der Waals surface area contributed by atoms with Gasteiger partial charge in [0, 0.05) is 36.1 Å². The zero-order valence-corrected chi connectivity index (χ0v) is 19.2. The van der Waals surface area contributed by atoms with E-state index in [2.05, 4.69) is 15.6 Å². The predicted octanol–water partition coefficient (Wildman–Crippen LogP) is 0.0818. The highest BCUT2D eigenvalue weighted by molar-refractivity contribution is 8.15. The Kier molecular flexibility index (Phi) is 8.34. The number of fused-ring (bicyclic) bond motifs is 1. The van der Waals surface area contributed by atoms with E-state index < -0.39 is 9.84 Å². The summed E-state index contributed by atoms with van der Waals surface area (Å²) in [7, 11) is -2.99. The van der Waals surface area contributed by atoms with E-state index in [1.807, 2.05) is 17.9 Å². The Labute approximate surface area is 187 Å². The van der Waals surface area contributed by atoms with Crippen LogP contribution >= 0.6 is 11.8 Å². The van der Waals surface area contributed by atoms with Crippen molar-refractivity contribution in [2.75, 3.05) is 56.2 Å². The summed E-state index contributed by atoms with van der Waals surface area (Å²) in [6.45, 7) is 4.17. The Balaban J connectivity index is 1.53. The number of aliphatic hydroxyl groups is 2. The second-order valence-electron chi connectivity index (χ2n) is 7.79.